The molecule has 0 fully saturated rings. The smallest absolute Gasteiger partial charge is 0.359 e. The fourth-order valence-electron chi connectivity index (χ4n) is 1.79. The largest absolute Gasteiger partial charge is 0.443 e. The SMILES string of the molecule is Cc1cnc(C(=O)O[C@H](C(=O)N(C)C)c2ccccc2)cn1. The van der Waals surface area contributed by atoms with Crippen LogP contribution in [0.5, 0.6) is 0 Å². The van der Waals surface area contributed by atoms with E-state index in [1.165, 1.54) is 17.3 Å². The fourth-order valence-corrected chi connectivity index (χ4v) is 1.79. The summed E-state index contributed by atoms with van der Waals surface area (Å²) in [6.07, 6.45) is 1.80. The second-order valence-corrected chi connectivity index (χ2v) is 4.97. The van der Waals surface area contributed by atoms with E-state index in [9.17, 15) is 9.59 Å². The van der Waals surface area contributed by atoms with Crippen LogP contribution in [0.1, 0.15) is 27.8 Å². The number of carbonyl (C=O) groups is 2. The van der Waals surface area contributed by atoms with E-state index in [0.717, 1.165) is 0 Å². The molecule has 0 bridgehead atoms. The average Bonchev–Trinajstić information content (AvgIpc) is 2.53. The molecule has 1 aromatic carbocycles. The van der Waals surface area contributed by atoms with Gasteiger partial charge in [0, 0.05) is 25.9 Å². The Hall–Kier alpha value is -2.76. The molecule has 114 valence electrons. The van der Waals surface area contributed by atoms with E-state index in [4.69, 9.17) is 4.74 Å². The molecule has 1 heterocycles. The second-order valence-electron chi connectivity index (χ2n) is 4.97. The van der Waals surface area contributed by atoms with Crippen LogP contribution in [-0.4, -0.2) is 40.8 Å². The summed E-state index contributed by atoms with van der Waals surface area (Å²) >= 11 is 0. The second kappa shape index (κ2) is 6.80. The van der Waals surface area contributed by atoms with E-state index < -0.39 is 12.1 Å². The third-order valence-electron chi connectivity index (χ3n) is 2.98. The van der Waals surface area contributed by atoms with Gasteiger partial charge in [-0.2, -0.15) is 0 Å². The van der Waals surface area contributed by atoms with Gasteiger partial charge < -0.3 is 9.64 Å². The van der Waals surface area contributed by atoms with Crippen LogP contribution in [0.3, 0.4) is 0 Å². The number of carbonyl (C=O) groups excluding carboxylic acids is 2. The van der Waals surface area contributed by atoms with Gasteiger partial charge in [-0.1, -0.05) is 30.3 Å². The highest BCUT2D eigenvalue weighted by molar-refractivity contribution is 5.90. The summed E-state index contributed by atoms with van der Waals surface area (Å²) < 4.78 is 5.35. The average molecular weight is 299 g/mol. The summed E-state index contributed by atoms with van der Waals surface area (Å²) in [6.45, 7) is 1.77. The molecular weight excluding hydrogens is 282 g/mol. The molecular formula is C16H17N3O3. The van der Waals surface area contributed by atoms with E-state index in [1.54, 1.807) is 45.3 Å². The molecule has 2 rings (SSSR count). The molecule has 1 amide bonds. The van der Waals surface area contributed by atoms with Crippen molar-refractivity contribution in [1.82, 2.24) is 14.9 Å². The van der Waals surface area contributed by atoms with Crippen molar-refractivity contribution >= 4 is 11.9 Å². The Labute approximate surface area is 128 Å². The summed E-state index contributed by atoms with van der Waals surface area (Å²) in [5.41, 5.74) is 1.37. The number of aryl methyl sites for hydroxylation is 1. The Morgan fingerprint density at radius 2 is 1.77 bits per heavy atom. The van der Waals surface area contributed by atoms with Gasteiger partial charge in [0.2, 0.25) is 6.10 Å². The monoisotopic (exact) mass is 299 g/mol. The summed E-state index contributed by atoms with van der Waals surface area (Å²) in [6, 6.07) is 8.86. The van der Waals surface area contributed by atoms with Gasteiger partial charge in [0.1, 0.15) is 0 Å². The normalized spacial score (nSPS) is 11.6. The number of hydrogen-bond donors (Lipinski definition) is 0. The Bertz CT molecular complexity index is 654. The van der Waals surface area contributed by atoms with Gasteiger partial charge in [-0.3, -0.25) is 9.78 Å². The molecule has 1 aromatic heterocycles. The van der Waals surface area contributed by atoms with Gasteiger partial charge >= 0.3 is 5.97 Å². The van der Waals surface area contributed by atoms with E-state index >= 15 is 0 Å². The van der Waals surface area contributed by atoms with Crippen LogP contribution in [0.25, 0.3) is 0 Å². The molecule has 6 nitrogen and oxygen atoms in total. The van der Waals surface area contributed by atoms with Crippen LogP contribution < -0.4 is 0 Å². The third-order valence-corrected chi connectivity index (χ3v) is 2.98. The molecule has 0 saturated heterocycles. The molecule has 0 N–H and O–H groups in total. The lowest BCUT2D eigenvalue weighted by Crippen LogP contribution is -2.31. The lowest BCUT2D eigenvalue weighted by molar-refractivity contribution is -0.138. The highest BCUT2D eigenvalue weighted by Gasteiger charge is 2.27. The predicted molar refractivity (Wildman–Crippen MR) is 80.1 cm³/mol. The van der Waals surface area contributed by atoms with Crippen LogP contribution in [0, 0.1) is 6.92 Å². The Morgan fingerprint density at radius 1 is 1.09 bits per heavy atom. The van der Waals surface area contributed by atoms with Gasteiger partial charge in [0.05, 0.1) is 11.9 Å². The number of likely N-dealkylation sites (N-methyl/N-ethyl adjacent to an activating group) is 1. The van der Waals surface area contributed by atoms with Crippen molar-refractivity contribution in [3.8, 4) is 0 Å². The topological polar surface area (TPSA) is 72.4 Å². The van der Waals surface area contributed by atoms with Crippen LogP contribution >= 0.6 is 0 Å². The maximum absolute atomic E-state index is 12.3. The summed E-state index contributed by atoms with van der Waals surface area (Å²) in [5, 5.41) is 0. The first kappa shape index (κ1) is 15.6. The van der Waals surface area contributed by atoms with Crippen molar-refractivity contribution in [1.29, 1.82) is 0 Å². The van der Waals surface area contributed by atoms with Crippen molar-refractivity contribution in [2.24, 2.45) is 0 Å². The van der Waals surface area contributed by atoms with Crippen LogP contribution in [0.15, 0.2) is 42.7 Å². The maximum Gasteiger partial charge on any atom is 0.359 e. The zero-order valence-electron chi connectivity index (χ0n) is 12.7. The zero-order chi connectivity index (χ0) is 16.1. The van der Waals surface area contributed by atoms with Crippen molar-refractivity contribution < 1.29 is 14.3 Å². The van der Waals surface area contributed by atoms with Gasteiger partial charge in [0.25, 0.3) is 5.91 Å². The molecule has 0 unspecified atom stereocenters. The standard InChI is InChI=1S/C16H17N3O3/c1-11-9-18-13(10-17-11)16(21)22-14(15(20)19(2)3)12-7-5-4-6-8-12/h4-10,14H,1-3H3/t14-/m0/s1. The number of hydrogen-bond acceptors (Lipinski definition) is 5. The molecule has 22 heavy (non-hydrogen) atoms. The predicted octanol–water partition coefficient (Wildman–Crippen LogP) is 1.77. The van der Waals surface area contributed by atoms with Crippen molar-refractivity contribution in [3.05, 3.63) is 59.7 Å². The molecule has 6 heteroatoms. The maximum atomic E-state index is 12.3. The minimum atomic E-state index is -1.01. The van der Waals surface area contributed by atoms with Gasteiger partial charge in [0.15, 0.2) is 5.69 Å². The number of aromatic nitrogens is 2. The van der Waals surface area contributed by atoms with E-state index in [1.807, 2.05) is 6.07 Å². The quantitative estimate of drug-likeness (QED) is 0.805. The van der Waals surface area contributed by atoms with E-state index in [2.05, 4.69) is 9.97 Å². The molecule has 0 aliphatic carbocycles. The first-order chi connectivity index (χ1) is 10.5. The first-order valence-electron chi connectivity index (χ1n) is 6.75. The molecule has 0 spiro atoms. The van der Waals surface area contributed by atoms with Crippen LogP contribution in [-0.2, 0) is 9.53 Å². The summed E-state index contributed by atoms with van der Waals surface area (Å²) in [7, 11) is 3.22. The zero-order valence-corrected chi connectivity index (χ0v) is 12.7. The highest BCUT2D eigenvalue weighted by atomic mass is 16.5. The Morgan fingerprint density at radius 3 is 2.32 bits per heavy atom. The Balaban J connectivity index is 2.25. The van der Waals surface area contributed by atoms with E-state index in [0.29, 0.717) is 11.3 Å². The van der Waals surface area contributed by atoms with Gasteiger partial charge in [-0.05, 0) is 6.92 Å². The third kappa shape index (κ3) is 3.66. The number of esters is 1. The summed E-state index contributed by atoms with van der Waals surface area (Å²) in [4.78, 5) is 33.8. The molecule has 2 aromatic rings. The van der Waals surface area contributed by atoms with E-state index in [-0.39, 0.29) is 11.6 Å². The lowest BCUT2D eigenvalue weighted by Gasteiger charge is -2.21. The van der Waals surface area contributed by atoms with Crippen LogP contribution in [0.4, 0.5) is 0 Å². The van der Waals surface area contributed by atoms with Crippen molar-refractivity contribution in [2.45, 2.75) is 13.0 Å². The lowest BCUT2D eigenvalue weighted by atomic mass is 10.1. The number of amides is 1. The number of rotatable bonds is 4. The molecule has 1 atom stereocenters. The van der Waals surface area contributed by atoms with Crippen molar-refractivity contribution in [3.63, 3.8) is 0 Å². The van der Waals surface area contributed by atoms with Gasteiger partial charge in [-0.25, -0.2) is 9.78 Å². The van der Waals surface area contributed by atoms with Crippen LogP contribution in [0.2, 0.25) is 0 Å². The number of nitrogens with zero attached hydrogens (tertiary/aromatic N) is 3. The molecule has 0 saturated carbocycles. The number of benzene rings is 1. The highest BCUT2D eigenvalue weighted by Crippen LogP contribution is 2.20. The minimum Gasteiger partial charge on any atom is -0.443 e. The number of ether oxygens (including phenoxy) is 1. The fraction of sp³-hybridized carbons (Fsp3) is 0.250. The van der Waals surface area contributed by atoms with Crippen molar-refractivity contribution in [2.75, 3.05) is 14.1 Å². The first-order valence-corrected chi connectivity index (χ1v) is 6.75. The Kier molecular flexibility index (Phi) is 4.83. The summed E-state index contributed by atoms with van der Waals surface area (Å²) in [5.74, 6) is -1.00. The molecule has 0 aliphatic rings. The van der Waals surface area contributed by atoms with Gasteiger partial charge in [-0.15, -0.1) is 0 Å². The molecule has 0 radical (unpaired) electrons. The minimum absolute atomic E-state index is 0.0677. The molecule has 0 aliphatic heterocycles.